The first-order chi connectivity index (χ1) is 14.1. The Hall–Kier alpha value is -3.86. The monoisotopic (exact) mass is 386 g/mol. The number of carbonyl (C=O) groups is 2. The smallest absolute Gasteiger partial charge is 0.251 e. The molecule has 0 fully saturated rings. The van der Waals surface area contributed by atoms with Gasteiger partial charge in [0.25, 0.3) is 5.91 Å². The summed E-state index contributed by atoms with van der Waals surface area (Å²) in [6.07, 6.45) is 3.20. The van der Waals surface area contributed by atoms with Crippen LogP contribution in [0.25, 0.3) is 6.08 Å². The SMILES string of the molecule is CNC(=O)c1ccc(NC(=O)/C=C/c2ccc(OCc3ccccc3)cc2)cc1. The Morgan fingerprint density at radius 3 is 2.24 bits per heavy atom. The molecule has 2 amide bonds. The maximum Gasteiger partial charge on any atom is 0.251 e. The van der Waals surface area contributed by atoms with Crippen LogP contribution >= 0.6 is 0 Å². The molecule has 3 rings (SSSR count). The van der Waals surface area contributed by atoms with Crippen molar-refractivity contribution in [3.8, 4) is 5.75 Å². The topological polar surface area (TPSA) is 67.4 Å². The Kier molecular flexibility index (Phi) is 6.79. The fourth-order valence-corrected chi connectivity index (χ4v) is 2.62. The number of nitrogens with one attached hydrogen (secondary N) is 2. The van der Waals surface area contributed by atoms with Gasteiger partial charge in [-0.25, -0.2) is 0 Å². The van der Waals surface area contributed by atoms with Crippen molar-refractivity contribution in [3.05, 3.63) is 102 Å². The van der Waals surface area contributed by atoms with E-state index in [1.54, 1.807) is 37.4 Å². The van der Waals surface area contributed by atoms with Crippen molar-refractivity contribution >= 4 is 23.6 Å². The second-order valence-corrected chi connectivity index (χ2v) is 6.32. The summed E-state index contributed by atoms with van der Waals surface area (Å²) in [7, 11) is 1.57. The number of ether oxygens (including phenoxy) is 1. The van der Waals surface area contributed by atoms with E-state index in [0.29, 0.717) is 17.9 Å². The highest BCUT2D eigenvalue weighted by atomic mass is 16.5. The van der Waals surface area contributed by atoms with E-state index in [9.17, 15) is 9.59 Å². The Bertz CT molecular complexity index is 979. The third kappa shape index (κ3) is 6.07. The summed E-state index contributed by atoms with van der Waals surface area (Å²) in [5.74, 6) is 0.354. The molecule has 0 saturated carbocycles. The molecule has 0 aromatic heterocycles. The van der Waals surface area contributed by atoms with Gasteiger partial charge < -0.3 is 15.4 Å². The fraction of sp³-hybridized carbons (Fsp3) is 0.0833. The second kappa shape index (κ2) is 9.90. The molecule has 0 radical (unpaired) electrons. The first kappa shape index (κ1) is 19.9. The van der Waals surface area contributed by atoms with Gasteiger partial charge in [-0.15, -0.1) is 0 Å². The molecule has 0 spiro atoms. The standard InChI is InChI=1S/C24H22N2O3/c1-25-24(28)20-10-12-21(13-11-20)26-23(27)16-9-18-7-14-22(15-8-18)29-17-19-5-3-2-4-6-19/h2-16H,17H2,1H3,(H,25,28)(H,26,27)/b16-9+. The highest BCUT2D eigenvalue weighted by Gasteiger charge is 2.03. The Morgan fingerprint density at radius 2 is 1.59 bits per heavy atom. The van der Waals surface area contributed by atoms with E-state index in [1.165, 1.54) is 6.08 Å². The van der Waals surface area contributed by atoms with Crippen LogP contribution in [0.5, 0.6) is 5.75 Å². The Labute approximate surface area is 170 Å². The summed E-state index contributed by atoms with van der Waals surface area (Å²) in [4.78, 5) is 23.6. The molecule has 5 nitrogen and oxygen atoms in total. The lowest BCUT2D eigenvalue weighted by Crippen LogP contribution is -2.17. The highest BCUT2D eigenvalue weighted by molar-refractivity contribution is 6.02. The van der Waals surface area contributed by atoms with Crippen LogP contribution in [-0.2, 0) is 11.4 Å². The van der Waals surface area contributed by atoms with E-state index in [-0.39, 0.29) is 11.8 Å². The molecule has 0 aliphatic heterocycles. The van der Waals surface area contributed by atoms with Crippen LogP contribution in [-0.4, -0.2) is 18.9 Å². The minimum atomic E-state index is -0.248. The molecule has 0 bridgehead atoms. The first-order valence-electron chi connectivity index (χ1n) is 9.22. The van der Waals surface area contributed by atoms with Gasteiger partial charge in [0.15, 0.2) is 0 Å². The first-order valence-corrected chi connectivity index (χ1v) is 9.22. The summed E-state index contributed by atoms with van der Waals surface area (Å²) in [5.41, 5.74) is 3.16. The van der Waals surface area contributed by atoms with Gasteiger partial charge in [-0.3, -0.25) is 9.59 Å². The fourth-order valence-electron chi connectivity index (χ4n) is 2.62. The molecule has 0 saturated heterocycles. The number of hydrogen-bond acceptors (Lipinski definition) is 3. The zero-order valence-electron chi connectivity index (χ0n) is 16.1. The summed E-state index contributed by atoms with van der Waals surface area (Å²) >= 11 is 0. The number of anilines is 1. The molecule has 146 valence electrons. The highest BCUT2D eigenvalue weighted by Crippen LogP contribution is 2.15. The normalized spacial score (nSPS) is 10.5. The van der Waals surface area contributed by atoms with Gasteiger partial charge in [-0.1, -0.05) is 42.5 Å². The van der Waals surface area contributed by atoms with Gasteiger partial charge in [-0.05, 0) is 53.6 Å². The number of benzene rings is 3. The molecular weight excluding hydrogens is 364 g/mol. The maximum atomic E-state index is 12.1. The van der Waals surface area contributed by atoms with E-state index >= 15 is 0 Å². The van der Waals surface area contributed by atoms with Crippen molar-refractivity contribution in [2.24, 2.45) is 0 Å². The van der Waals surface area contributed by atoms with Gasteiger partial charge >= 0.3 is 0 Å². The molecular formula is C24H22N2O3. The Morgan fingerprint density at radius 1 is 0.897 bits per heavy atom. The van der Waals surface area contributed by atoms with E-state index in [1.807, 2.05) is 54.6 Å². The molecule has 29 heavy (non-hydrogen) atoms. The molecule has 0 atom stereocenters. The van der Waals surface area contributed by atoms with E-state index < -0.39 is 0 Å². The van der Waals surface area contributed by atoms with Crippen LogP contribution in [0.1, 0.15) is 21.5 Å². The maximum absolute atomic E-state index is 12.1. The van der Waals surface area contributed by atoms with Gasteiger partial charge in [0, 0.05) is 24.4 Å². The van der Waals surface area contributed by atoms with Crippen LogP contribution in [0.2, 0.25) is 0 Å². The number of hydrogen-bond donors (Lipinski definition) is 2. The minimum absolute atomic E-state index is 0.168. The summed E-state index contributed by atoms with van der Waals surface area (Å²) < 4.78 is 5.75. The van der Waals surface area contributed by atoms with Crippen LogP contribution in [0.4, 0.5) is 5.69 Å². The average Bonchev–Trinajstić information content (AvgIpc) is 2.77. The molecule has 0 heterocycles. The lowest BCUT2D eigenvalue weighted by atomic mass is 10.2. The van der Waals surface area contributed by atoms with E-state index in [2.05, 4.69) is 10.6 Å². The summed E-state index contributed by atoms with van der Waals surface area (Å²) in [6.45, 7) is 0.511. The van der Waals surface area contributed by atoms with Gasteiger partial charge in [-0.2, -0.15) is 0 Å². The molecule has 3 aromatic rings. The van der Waals surface area contributed by atoms with Crippen molar-refractivity contribution < 1.29 is 14.3 Å². The van der Waals surface area contributed by atoms with Crippen molar-refractivity contribution in [3.63, 3.8) is 0 Å². The lowest BCUT2D eigenvalue weighted by Gasteiger charge is -2.06. The van der Waals surface area contributed by atoms with Crippen molar-refractivity contribution in [2.45, 2.75) is 6.61 Å². The molecule has 3 aromatic carbocycles. The largest absolute Gasteiger partial charge is 0.489 e. The number of amides is 2. The Balaban J connectivity index is 1.51. The zero-order valence-corrected chi connectivity index (χ0v) is 16.1. The number of rotatable bonds is 7. The molecule has 0 aliphatic carbocycles. The van der Waals surface area contributed by atoms with Crippen LogP contribution in [0.3, 0.4) is 0 Å². The predicted octanol–water partition coefficient (Wildman–Crippen LogP) is 4.28. The van der Waals surface area contributed by atoms with E-state index in [4.69, 9.17) is 4.74 Å². The van der Waals surface area contributed by atoms with Crippen molar-refractivity contribution in [2.75, 3.05) is 12.4 Å². The van der Waals surface area contributed by atoms with Gasteiger partial charge in [0.05, 0.1) is 0 Å². The van der Waals surface area contributed by atoms with Gasteiger partial charge in [0.2, 0.25) is 5.91 Å². The van der Waals surface area contributed by atoms with Crippen LogP contribution < -0.4 is 15.4 Å². The number of carbonyl (C=O) groups excluding carboxylic acids is 2. The molecule has 5 heteroatoms. The lowest BCUT2D eigenvalue weighted by molar-refractivity contribution is -0.111. The summed E-state index contributed by atoms with van der Waals surface area (Å²) in [5, 5.41) is 5.32. The third-order valence-corrected chi connectivity index (χ3v) is 4.20. The molecule has 0 aliphatic rings. The summed E-state index contributed by atoms with van der Waals surface area (Å²) in [6, 6.07) is 24.2. The predicted molar refractivity (Wildman–Crippen MR) is 115 cm³/mol. The van der Waals surface area contributed by atoms with Crippen LogP contribution in [0.15, 0.2) is 84.9 Å². The van der Waals surface area contributed by atoms with Crippen molar-refractivity contribution in [1.82, 2.24) is 5.32 Å². The molecule has 2 N–H and O–H groups in total. The minimum Gasteiger partial charge on any atom is -0.489 e. The third-order valence-electron chi connectivity index (χ3n) is 4.20. The van der Waals surface area contributed by atoms with Gasteiger partial charge in [0.1, 0.15) is 12.4 Å². The van der Waals surface area contributed by atoms with E-state index in [0.717, 1.165) is 16.9 Å². The van der Waals surface area contributed by atoms with Crippen molar-refractivity contribution in [1.29, 1.82) is 0 Å². The molecule has 0 unspecified atom stereocenters. The zero-order chi connectivity index (χ0) is 20.5. The average molecular weight is 386 g/mol. The van der Waals surface area contributed by atoms with Crippen LogP contribution in [0, 0.1) is 0 Å². The second-order valence-electron chi connectivity index (χ2n) is 6.32. The quantitative estimate of drug-likeness (QED) is 0.596.